The Morgan fingerprint density at radius 1 is 1.41 bits per heavy atom. The summed E-state index contributed by atoms with van der Waals surface area (Å²) in [7, 11) is 0. The maximum absolute atomic E-state index is 10.8. The SMILES string of the molecule is C=C(C)C.O=COCCNC(=O)OCCCBr. The van der Waals surface area contributed by atoms with E-state index in [0.29, 0.717) is 13.1 Å². The van der Waals surface area contributed by atoms with Crippen molar-refractivity contribution in [2.45, 2.75) is 20.3 Å². The molecule has 0 saturated carbocycles. The molecule has 0 aromatic heterocycles. The van der Waals surface area contributed by atoms with Crippen LogP contribution in [-0.4, -0.2) is 37.7 Å². The summed E-state index contributed by atoms with van der Waals surface area (Å²) in [6.45, 7) is 8.65. The van der Waals surface area contributed by atoms with Crippen molar-refractivity contribution in [2.24, 2.45) is 0 Å². The normalized spacial score (nSPS) is 8.41. The van der Waals surface area contributed by atoms with Crippen LogP contribution in [0.2, 0.25) is 0 Å². The fourth-order valence-electron chi connectivity index (χ4n) is 0.531. The second-order valence-electron chi connectivity index (χ2n) is 3.28. The molecule has 0 saturated heterocycles. The number of alkyl halides is 1. The van der Waals surface area contributed by atoms with E-state index < -0.39 is 6.09 Å². The summed E-state index contributed by atoms with van der Waals surface area (Å²) < 4.78 is 9.09. The van der Waals surface area contributed by atoms with Crippen LogP contribution in [0, 0.1) is 0 Å². The highest BCUT2D eigenvalue weighted by Crippen LogP contribution is 1.88. The molecule has 1 N–H and O–H groups in total. The number of amides is 1. The molecule has 6 heteroatoms. The Labute approximate surface area is 111 Å². The Morgan fingerprint density at radius 3 is 2.47 bits per heavy atom. The molecule has 0 aromatic carbocycles. The first-order chi connectivity index (χ1) is 8.04. The largest absolute Gasteiger partial charge is 0.466 e. The number of carbonyl (C=O) groups is 2. The molecule has 0 radical (unpaired) electrons. The predicted molar refractivity (Wildman–Crippen MR) is 70.3 cm³/mol. The number of halogens is 1. The van der Waals surface area contributed by atoms with Crippen LogP contribution < -0.4 is 5.32 Å². The Kier molecular flexibility index (Phi) is 16.1. The highest BCUT2D eigenvalue weighted by atomic mass is 79.9. The Balaban J connectivity index is 0. The first-order valence-corrected chi connectivity index (χ1v) is 6.30. The quantitative estimate of drug-likeness (QED) is 0.339. The van der Waals surface area contributed by atoms with Crippen molar-refractivity contribution in [1.29, 1.82) is 0 Å². The molecule has 0 heterocycles. The molecule has 0 atom stereocenters. The zero-order valence-corrected chi connectivity index (χ0v) is 11.9. The topological polar surface area (TPSA) is 64.6 Å². The molecule has 5 nitrogen and oxygen atoms in total. The van der Waals surface area contributed by atoms with Crippen LogP contribution >= 0.6 is 15.9 Å². The molecule has 0 unspecified atom stereocenters. The summed E-state index contributed by atoms with van der Waals surface area (Å²) in [6, 6.07) is 0. The molecule has 17 heavy (non-hydrogen) atoms. The van der Waals surface area contributed by atoms with Crippen molar-refractivity contribution >= 4 is 28.5 Å². The summed E-state index contributed by atoms with van der Waals surface area (Å²) in [5, 5.41) is 3.22. The van der Waals surface area contributed by atoms with Gasteiger partial charge in [0.2, 0.25) is 0 Å². The van der Waals surface area contributed by atoms with Gasteiger partial charge in [-0.1, -0.05) is 21.5 Å². The van der Waals surface area contributed by atoms with E-state index in [1.165, 1.54) is 5.57 Å². The number of nitrogens with one attached hydrogen (secondary N) is 1. The van der Waals surface area contributed by atoms with Crippen molar-refractivity contribution in [3.05, 3.63) is 12.2 Å². The molecular formula is C11H20BrNO4. The number of hydrogen-bond donors (Lipinski definition) is 1. The van der Waals surface area contributed by atoms with E-state index >= 15 is 0 Å². The molecule has 0 fully saturated rings. The molecule has 0 spiro atoms. The zero-order valence-electron chi connectivity index (χ0n) is 10.3. The van der Waals surface area contributed by atoms with E-state index in [1.807, 2.05) is 13.8 Å². The lowest BCUT2D eigenvalue weighted by Crippen LogP contribution is -2.28. The molecule has 0 aliphatic heterocycles. The van der Waals surface area contributed by atoms with Gasteiger partial charge in [-0.15, -0.1) is 6.58 Å². The molecule has 1 amide bonds. The summed E-state index contributed by atoms with van der Waals surface area (Å²) in [4.78, 5) is 20.5. The van der Waals surface area contributed by atoms with Crippen LogP contribution in [0.25, 0.3) is 0 Å². The second-order valence-corrected chi connectivity index (χ2v) is 4.07. The second kappa shape index (κ2) is 15.0. The van der Waals surface area contributed by atoms with Crippen LogP contribution in [0.5, 0.6) is 0 Å². The molecular weight excluding hydrogens is 290 g/mol. The summed E-state index contributed by atoms with van der Waals surface area (Å²) in [5.74, 6) is 0. The molecule has 0 aromatic rings. The third-order valence-electron chi connectivity index (χ3n) is 1.07. The molecule has 100 valence electrons. The zero-order chi connectivity index (χ0) is 13.5. The van der Waals surface area contributed by atoms with Crippen LogP contribution in [0.15, 0.2) is 12.2 Å². The van der Waals surface area contributed by atoms with E-state index in [4.69, 9.17) is 4.74 Å². The molecule has 0 aliphatic rings. The van der Waals surface area contributed by atoms with Crippen molar-refractivity contribution in [1.82, 2.24) is 5.32 Å². The van der Waals surface area contributed by atoms with Gasteiger partial charge >= 0.3 is 6.09 Å². The lowest BCUT2D eigenvalue weighted by Gasteiger charge is -2.04. The van der Waals surface area contributed by atoms with Crippen LogP contribution in [0.4, 0.5) is 4.79 Å². The van der Waals surface area contributed by atoms with Crippen molar-refractivity contribution in [3.8, 4) is 0 Å². The third-order valence-corrected chi connectivity index (χ3v) is 1.63. The Morgan fingerprint density at radius 2 is 2.00 bits per heavy atom. The predicted octanol–water partition coefficient (Wildman–Crippen LogP) is 2.25. The Bertz CT molecular complexity index is 218. The average molecular weight is 310 g/mol. The highest BCUT2D eigenvalue weighted by Gasteiger charge is 1.99. The highest BCUT2D eigenvalue weighted by molar-refractivity contribution is 9.09. The standard InChI is InChI=1S/C7H12BrNO4.C4H8/c8-2-1-4-13-7(11)9-3-5-12-6-10;1-4(2)3/h6H,1-5H2,(H,9,11);1H2,2-3H3. The minimum atomic E-state index is -0.490. The fraction of sp³-hybridized carbons (Fsp3) is 0.636. The minimum Gasteiger partial charge on any atom is -0.466 e. The third kappa shape index (κ3) is 25.3. The van der Waals surface area contributed by atoms with Gasteiger partial charge in [0, 0.05) is 5.33 Å². The summed E-state index contributed by atoms with van der Waals surface area (Å²) in [5.41, 5.74) is 1.17. The van der Waals surface area contributed by atoms with Crippen LogP contribution in [-0.2, 0) is 14.3 Å². The molecule has 0 rings (SSSR count). The van der Waals surface area contributed by atoms with Gasteiger partial charge < -0.3 is 14.8 Å². The number of rotatable bonds is 7. The maximum atomic E-state index is 10.8. The van der Waals surface area contributed by atoms with E-state index in [0.717, 1.165) is 11.8 Å². The first kappa shape index (κ1) is 18.3. The van der Waals surface area contributed by atoms with Gasteiger partial charge in [0.25, 0.3) is 6.47 Å². The van der Waals surface area contributed by atoms with Gasteiger partial charge in [-0.2, -0.15) is 0 Å². The summed E-state index contributed by atoms with van der Waals surface area (Å²) >= 11 is 3.20. The van der Waals surface area contributed by atoms with Gasteiger partial charge in [-0.3, -0.25) is 4.79 Å². The number of alkyl carbamates (subject to hydrolysis) is 1. The van der Waals surface area contributed by atoms with E-state index in [1.54, 1.807) is 0 Å². The van der Waals surface area contributed by atoms with E-state index in [2.05, 4.69) is 32.6 Å². The van der Waals surface area contributed by atoms with Gasteiger partial charge in [-0.25, -0.2) is 4.79 Å². The Hall–Kier alpha value is -1.04. The minimum absolute atomic E-state index is 0.164. The van der Waals surface area contributed by atoms with E-state index in [9.17, 15) is 9.59 Å². The van der Waals surface area contributed by atoms with Crippen molar-refractivity contribution in [2.75, 3.05) is 25.1 Å². The smallest absolute Gasteiger partial charge is 0.407 e. The monoisotopic (exact) mass is 309 g/mol. The molecule has 0 aliphatic carbocycles. The molecule has 0 bridgehead atoms. The average Bonchev–Trinajstić information content (AvgIpc) is 2.24. The lowest BCUT2D eigenvalue weighted by molar-refractivity contribution is -0.128. The van der Waals surface area contributed by atoms with Gasteiger partial charge in [0.05, 0.1) is 13.2 Å². The number of carbonyl (C=O) groups excluding carboxylic acids is 2. The van der Waals surface area contributed by atoms with Gasteiger partial charge in [0.15, 0.2) is 0 Å². The fourth-order valence-corrected chi connectivity index (χ4v) is 0.760. The lowest BCUT2D eigenvalue weighted by atomic mass is 10.4. The number of hydrogen-bond acceptors (Lipinski definition) is 4. The number of ether oxygens (including phenoxy) is 2. The summed E-state index contributed by atoms with van der Waals surface area (Å²) in [6.07, 6.45) is 0.286. The van der Waals surface area contributed by atoms with E-state index in [-0.39, 0.29) is 13.2 Å². The van der Waals surface area contributed by atoms with Gasteiger partial charge in [-0.05, 0) is 20.3 Å². The maximum Gasteiger partial charge on any atom is 0.407 e. The van der Waals surface area contributed by atoms with Gasteiger partial charge in [0.1, 0.15) is 6.61 Å². The van der Waals surface area contributed by atoms with Crippen molar-refractivity contribution in [3.63, 3.8) is 0 Å². The first-order valence-electron chi connectivity index (χ1n) is 5.18. The van der Waals surface area contributed by atoms with Crippen molar-refractivity contribution < 1.29 is 19.1 Å². The van der Waals surface area contributed by atoms with Crippen LogP contribution in [0.1, 0.15) is 20.3 Å². The van der Waals surface area contributed by atoms with Crippen LogP contribution in [0.3, 0.4) is 0 Å². The number of allylic oxidation sites excluding steroid dienone is 1.